The Morgan fingerprint density at radius 1 is 0.950 bits per heavy atom. The predicted molar refractivity (Wildman–Crippen MR) is 76.3 cm³/mol. The maximum atomic E-state index is 6.06. The molecule has 0 fully saturated rings. The molecule has 2 aromatic rings. The van der Waals surface area contributed by atoms with Gasteiger partial charge in [0.15, 0.2) is 0 Å². The average molecular weight is 275 g/mol. The van der Waals surface area contributed by atoms with E-state index in [1.165, 1.54) is 6.33 Å². The number of anilines is 1. The van der Waals surface area contributed by atoms with Crippen LogP contribution in [0.25, 0.3) is 11.3 Å². The molecule has 0 aliphatic carbocycles. The van der Waals surface area contributed by atoms with Crippen LogP contribution < -0.4 is 19.9 Å². The third-order valence-corrected chi connectivity index (χ3v) is 3.03. The molecule has 2 rings (SSSR count). The first-order chi connectivity index (χ1) is 9.62. The van der Waals surface area contributed by atoms with Crippen molar-refractivity contribution in [3.63, 3.8) is 0 Å². The monoisotopic (exact) mass is 275 g/mol. The first-order valence-corrected chi connectivity index (χ1v) is 5.99. The van der Waals surface area contributed by atoms with Gasteiger partial charge in [0.2, 0.25) is 0 Å². The summed E-state index contributed by atoms with van der Waals surface area (Å²) in [5, 5.41) is 0. The lowest BCUT2D eigenvalue weighted by atomic mass is 10.1. The lowest BCUT2D eigenvalue weighted by Crippen LogP contribution is -2.02. The Kier molecular flexibility index (Phi) is 3.93. The summed E-state index contributed by atoms with van der Waals surface area (Å²) >= 11 is 0. The van der Waals surface area contributed by atoms with Crippen LogP contribution in [0.5, 0.6) is 17.2 Å². The van der Waals surface area contributed by atoms with Gasteiger partial charge in [0, 0.05) is 12.1 Å². The number of hydrogen-bond donors (Lipinski definition) is 1. The van der Waals surface area contributed by atoms with Crippen molar-refractivity contribution >= 4 is 5.69 Å². The zero-order valence-electron chi connectivity index (χ0n) is 11.9. The number of aromatic nitrogens is 2. The summed E-state index contributed by atoms with van der Waals surface area (Å²) in [5.41, 5.74) is 8.52. The number of hydrogen-bond acceptors (Lipinski definition) is 6. The average Bonchev–Trinajstić information content (AvgIpc) is 2.48. The number of benzene rings is 1. The van der Waals surface area contributed by atoms with E-state index >= 15 is 0 Å². The van der Waals surface area contributed by atoms with Crippen LogP contribution >= 0.6 is 0 Å². The van der Waals surface area contributed by atoms with Crippen molar-refractivity contribution < 1.29 is 14.2 Å². The van der Waals surface area contributed by atoms with Gasteiger partial charge in [0.1, 0.15) is 29.3 Å². The molecular weight excluding hydrogens is 258 g/mol. The van der Waals surface area contributed by atoms with E-state index in [0.717, 1.165) is 0 Å². The summed E-state index contributed by atoms with van der Waals surface area (Å²) in [4.78, 5) is 8.31. The Morgan fingerprint density at radius 3 is 2.05 bits per heavy atom. The molecule has 1 aromatic heterocycles. The van der Waals surface area contributed by atoms with Gasteiger partial charge in [-0.15, -0.1) is 0 Å². The highest BCUT2D eigenvalue weighted by molar-refractivity contribution is 5.83. The molecule has 0 radical (unpaired) electrons. The zero-order chi connectivity index (χ0) is 14.7. The van der Waals surface area contributed by atoms with Crippen LogP contribution in [0.1, 0.15) is 5.69 Å². The van der Waals surface area contributed by atoms with Crippen molar-refractivity contribution in [3.05, 3.63) is 24.2 Å². The number of aryl methyl sites for hydroxylation is 1. The van der Waals surface area contributed by atoms with E-state index in [1.54, 1.807) is 33.5 Å². The summed E-state index contributed by atoms with van der Waals surface area (Å²) in [6.45, 7) is 1.82. The molecule has 0 aliphatic heterocycles. The van der Waals surface area contributed by atoms with Crippen LogP contribution in [0.3, 0.4) is 0 Å². The fourth-order valence-corrected chi connectivity index (χ4v) is 1.92. The Balaban J connectivity index is 2.74. The van der Waals surface area contributed by atoms with E-state index < -0.39 is 0 Å². The summed E-state index contributed by atoms with van der Waals surface area (Å²) in [5.74, 6) is 1.78. The summed E-state index contributed by atoms with van der Waals surface area (Å²) < 4.78 is 16.0. The highest BCUT2D eigenvalue weighted by atomic mass is 16.5. The molecule has 0 saturated heterocycles. The smallest absolute Gasteiger partial charge is 0.135 e. The second kappa shape index (κ2) is 5.64. The molecule has 0 saturated carbocycles. The molecule has 0 aliphatic rings. The first kappa shape index (κ1) is 13.9. The van der Waals surface area contributed by atoms with Gasteiger partial charge in [-0.2, -0.15) is 0 Å². The molecule has 106 valence electrons. The Morgan fingerprint density at radius 2 is 1.55 bits per heavy atom. The van der Waals surface area contributed by atoms with E-state index in [1.807, 2.05) is 6.92 Å². The maximum Gasteiger partial charge on any atom is 0.135 e. The lowest BCUT2D eigenvalue weighted by Gasteiger charge is -2.16. The summed E-state index contributed by atoms with van der Waals surface area (Å²) in [6.07, 6.45) is 1.46. The van der Waals surface area contributed by atoms with Gasteiger partial charge in [0.25, 0.3) is 0 Å². The number of nitrogen functional groups attached to an aromatic ring is 1. The van der Waals surface area contributed by atoms with Crippen molar-refractivity contribution in [2.24, 2.45) is 0 Å². The Labute approximate surface area is 117 Å². The number of nitrogens with two attached hydrogens (primary N) is 1. The van der Waals surface area contributed by atoms with Gasteiger partial charge in [0.05, 0.1) is 38.3 Å². The molecule has 6 nitrogen and oxygen atoms in total. The fraction of sp³-hybridized carbons (Fsp3) is 0.286. The van der Waals surface area contributed by atoms with Gasteiger partial charge in [-0.3, -0.25) is 0 Å². The SMILES string of the molecule is COc1cc(OC)c(-c2ncnc(C)c2N)c(OC)c1. The minimum Gasteiger partial charge on any atom is -0.496 e. The molecule has 0 spiro atoms. The van der Waals surface area contributed by atoms with E-state index in [9.17, 15) is 0 Å². The quantitative estimate of drug-likeness (QED) is 0.920. The molecule has 2 N–H and O–H groups in total. The van der Waals surface area contributed by atoms with Crippen molar-refractivity contribution in [3.8, 4) is 28.5 Å². The van der Waals surface area contributed by atoms with Crippen LogP contribution in [0.2, 0.25) is 0 Å². The second-order valence-electron chi connectivity index (χ2n) is 4.13. The molecule has 20 heavy (non-hydrogen) atoms. The van der Waals surface area contributed by atoms with Crippen molar-refractivity contribution in [2.75, 3.05) is 27.1 Å². The van der Waals surface area contributed by atoms with Gasteiger partial charge in [-0.25, -0.2) is 9.97 Å². The van der Waals surface area contributed by atoms with E-state index in [-0.39, 0.29) is 0 Å². The second-order valence-corrected chi connectivity index (χ2v) is 4.13. The fourth-order valence-electron chi connectivity index (χ4n) is 1.92. The van der Waals surface area contributed by atoms with Crippen LogP contribution in [0.15, 0.2) is 18.5 Å². The number of ether oxygens (including phenoxy) is 3. The van der Waals surface area contributed by atoms with Gasteiger partial charge >= 0.3 is 0 Å². The molecule has 0 atom stereocenters. The maximum absolute atomic E-state index is 6.06. The molecule has 1 aromatic carbocycles. The Bertz CT molecular complexity index is 604. The van der Waals surface area contributed by atoms with Crippen molar-refractivity contribution in [2.45, 2.75) is 6.92 Å². The van der Waals surface area contributed by atoms with E-state index in [0.29, 0.717) is 39.9 Å². The van der Waals surface area contributed by atoms with Crippen LogP contribution in [-0.4, -0.2) is 31.3 Å². The molecule has 1 heterocycles. The third-order valence-electron chi connectivity index (χ3n) is 3.03. The standard InChI is InChI=1S/C14H17N3O3/c1-8-13(15)14(17-7-16-8)12-10(19-3)5-9(18-2)6-11(12)20-4/h5-7H,15H2,1-4H3. The molecule has 6 heteroatoms. The first-order valence-electron chi connectivity index (χ1n) is 5.99. The van der Waals surface area contributed by atoms with Crippen molar-refractivity contribution in [1.82, 2.24) is 9.97 Å². The van der Waals surface area contributed by atoms with Crippen LogP contribution in [0, 0.1) is 6.92 Å². The summed E-state index contributed by atoms with van der Waals surface area (Å²) in [6, 6.07) is 3.52. The molecular formula is C14H17N3O3. The normalized spacial score (nSPS) is 10.2. The lowest BCUT2D eigenvalue weighted by molar-refractivity contribution is 0.377. The third kappa shape index (κ3) is 2.32. The van der Waals surface area contributed by atoms with E-state index in [4.69, 9.17) is 19.9 Å². The van der Waals surface area contributed by atoms with Gasteiger partial charge in [-0.1, -0.05) is 0 Å². The minimum atomic E-state index is 0.495. The highest BCUT2D eigenvalue weighted by Gasteiger charge is 2.19. The predicted octanol–water partition coefficient (Wildman–Crippen LogP) is 2.06. The number of rotatable bonds is 4. The molecule has 0 unspecified atom stereocenters. The molecule has 0 bridgehead atoms. The molecule has 0 amide bonds. The van der Waals surface area contributed by atoms with Crippen molar-refractivity contribution in [1.29, 1.82) is 0 Å². The number of methoxy groups -OCH3 is 3. The topological polar surface area (TPSA) is 79.5 Å². The highest BCUT2D eigenvalue weighted by Crippen LogP contribution is 2.43. The van der Waals surface area contributed by atoms with Crippen LogP contribution in [0.4, 0.5) is 5.69 Å². The van der Waals surface area contributed by atoms with Crippen LogP contribution in [-0.2, 0) is 0 Å². The largest absolute Gasteiger partial charge is 0.496 e. The number of nitrogens with zero attached hydrogens (tertiary/aromatic N) is 2. The van der Waals surface area contributed by atoms with E-state index in [2.05, 4.69) is 9.97 Å². The minimum absolute atomic E-state index is 0.495. The Hall–Kier alpha value is -2.50. The van der Waals surface area contributed by atoms with Gasteiger partial charge in [-0.05, 0) is 6.92 Å². The van der Waals surface area contributed by atoms with Gasteiger partial charge < -0.3 is 19.9 Å². The zero-order valence-corrected chi connectivity index (χ0v) is 11.9. The summed E-state index contributed by atoms with van der Waals surface area (Å²) in [7, 11) is 4.72.